The van der Waals surface area contributed by atoms with E-state index < -0.39 is 0 Å². The summed E-state index contributed by atoms with van der Waals surface area (Å²) in [6, 6.07) is 0.520. The lowest BCUT2D eigenvalue weighted by atomic mass is 10.2. The Labute approximate surface area is 170 Å². The number of carbonyl (C=O) groups is 1. The lowest BCUT2D eigenvalue weighted by Gasteiger charge is -2.38. The summed E-state index contributed by atoms with van der Waals surface area (Å²) in [4.78, 5) is 23.0. The maximum atomic E-state index is 11.9. The SMILES string of the molecule is CC(C)CN1CCN(C(=NCC(=O)N(C)C)NC2CCCC2)CC1.I. The van der Waals surface area contributed by atoms with Gasteiger partial charge in [0, 0.05) is 52.9 Å². The van der Waals surface area contributed by atoms with Crippen LogP contribution in [0.15, 0.2) is 4.99 Å². The molecule has 1 heterocycles. The zero-order valence-corrected chi connectivity index (χ0v) is 18.7. The molecular formula is C18H36IN5O. The van der Waals surface area contributed by atoms with Gasteiger partial charge in [0.05, 0.1) is 0 Å². The smallest absolute Gasteiger partial charge is 0.243 e. The monoisotopic (exact) mass is 465 g/mol. The van der Waals surface area contributed by atoms with Crippen molar-refractivity contribution in [3.8, 4) is 0 Å². The van der Waals surface area contributed by atoms with Crippen LogP contribution in [-0.4, -0.2) is 86.0 Å². The number of guanidine groups is 1. The zero-order valence-electron chi connectivity index (χ0n) is 16.3. The molecule has 25 heavy (non-hydrogen) atoms. The van der Waals surface area contributed by atoms with E-state index in [0.717, 1.165) is 38.7 Å². The second-order valence-corrected chi connectivity index (χ2v) is 7.74. The molecule has 7 heteroatoms. The number of amides is 1. The number of aliphatic imine (C=N–C) groups is 1. The Morgan fingerprint density at radius 1 is 1.16 bits per heavy atom. The van der Waals surface area contributed by atoms with Crippen molar-refractivity contribution < 1.29 is 4.79 Å². The molecule has 0 bridgehead atoms. The highest BCUT2D eigenvalue weighted by atomic mass is 127. The average Bonchev–Trinajstić information content (AvgIpc) is 3.04. The Bertz CT molecular complexity index is 427. The number of hydrogen-bond acceptors (Lipinski definition) is 3. The van der Waals surface area contributed by atoms with Crippen molar-refractivity contribution in [2.75, 3.05) is 53.4 Å². The van der Waals surface area contributed by atoms with Crippen molar-refractivity contribution in [2.24, 2.45) is 10.9 Å². The number of likely N-dealkylation sites (N-methyl/N-ethyl adjacent to an activating group) is 1. The van der Waals surface area contributed by atoms with Crippen LogP contribution in [0.5, 0.6) is 0 Å². The Kier molecular flexibility index (Phi) is 10.1. The average molecular weight is 465 g/mol. The van der Waals surface area contributed by atoms with E-state index in [4.69, 9.17) is 0 Å². The molecule has 1 saturated carbocycles. The van der Waals surface area contributed by atoms with Crippen molar-refractivity contribution in [1.82, 2.24) is 20.0 Å². The summed E-state index contributed by atoms with van der Waals surface area (Å²) in [6.07, 6.45) is 5.02. The predicted molar refractivity (Wildman–Crippen MR) is 115 cm³/mol. The van der Waals surface area contributed by atoms with E-state index in [1.54, 1.807) is 19.0 Å². The number of piperazine rings is 1. The highest BCUT2D eigenvalue weighted by Gasteiger charge is 2.23. The second kappa shape index (κ2) is 11.2. The molecule has 2 rings (SSSR count). The third-order valence-electron chi connectivity index (χ3n) is 4.85. The highest BCUT2D eigenvalue weighted by Crippen LogP contribution is 2.18. The van der Waals surface area contributed by atoms with Crippen molar-refractivity contribution in [3.63, 3.8) is 0 Å². The molecule has 6 nitrogen and oxygen atoms in total. The van der Waals surface area contributed by atoms with E-state index in [9.17, 15) is 4.79 Å². The van der Waals surface area contributed by atoms with Crippen LogP contribution in [-0.2, 0) is 4.79 Å². The first-order valence-corrected chi connectivity index (χ1v) is 9.44. The van der Waals surface area contributed by atoms with Crippen molar-refractivity contribution in [2.45, 2.75) is 45.6 Å². The van der Waals surface area contributed by atoms with E-state index >= 15 is 0 Å². The number of carbonyl (C=O) groups excluding carboxylic acids is 1. The van der Waals surface area contributed by atoms with Gasteiger partial charge in [-0.1, -0.05) is 26.7 Å². The molecule has 146 valence electrons. The Morgan fingerprint density at radius 2 is 1.76 bits per heavy atom. The van der Waals surface area contributed by atoms with Crippen LogP contribution in [0.3, 0.4) is 0 Å². The summed E-state index contributed by atoms with van der Waals surface area (Å²) in [5.74, 6) is 1.69. The van der Waals surface area contributed by atoms with Gasteiger partial charge in [0.25, 0.3) is 0 Å². The fourth-order valence-corrected chi connectivity index (χ4v) is 3.43. The summed E-state index contributed by atoms with van der Waals surface area (Å²) in [5, 5.41) is 3.62. The number of rotatable bonds is 5. The minimum absolute atomic E-state index is 0. The maximum Gasteiger partial charge on any atom is 0.243 e. The zero-order chi connectivity index (χ0) is 17.5. The molecule has 1 N–H and O–H groups in total. The number of hydrogen-bond donors (Lipinski definition) is 1. The molecule has 1 amide bonds. The lowest BCUT2D eigenvalue weighted by Crippen LogP contribution is -2.54. The topological polar surface area (TPSA) is 51.2 Å². The van der Waals surface area contributed by atoms with Gasteiger partial charge in [-0.25, -0.2) is 4.99 Å². The molecule has 0 aromatic rings. The lowest BCUT2D eigenvalue weighted by molar-refractivity contribution is -0.127. The third kappa shape index (κ3) is 7.68. The summed E-state index contributed by atoms with van der Waals surface area (Å²) in [5.41, 5.74) is 0. The summed E-state index contributed by atoms with van der Waals surface area (Å²) in [6.45, 7) is 10.1. The molecule has 0 aromatic heterocycles. The molecule has 0 aromatic carbocycles. The Hall–Kier alpha value is -0.570. The van der Waals surface area contributed by atoms with Gasteiger partial charge in [-0.2, -0.15) is 0 Å². The molecule has 0 spiro atoms. The van der Waals surface area contributed by atoms with Gasteiger partial charge < -0.3 is 15.1 Å². The van der Waals surface area contributed by atoms with Crippen LogP contribution < -0.4 is 5.32 Å². The van der Waals surface area contributed by atoms with Gasteiger partial charge in [0.2, 0.25) is 5.91 Å². The van der Waals surface area contributed by atoms with Gasteiger partial charge in [0.1, 0.15) is 6.54 Å². The van der Waals surface area contributed by atoms with Crippen LogP contribution in [0.25, 0.3) is 0 Å². The summed E-state index contributed by atoms with van der Waals surface area (Å²) >= 11 is 0. The van der Waals surface area contributed by atoms with Crippen LogP contribution in [0.1, 0.15) is 39.5 Å². The Balaban J connectivity index is 0.00000312. The van der Waals surface area contributed by atoms with Crippen LogP contribution >= 0.6 is 24.0 Å². The minimum atomic E-state index is 0. The van der Waals surface area contributed by atoms with Crippen LogP contribution in [0, 0.1) is 5.92 Å². The minimum Gasteiger partial charge on any atom is -0.353 e. The molecule has 2 fully saturated rings. The van der Waals surface area contributed by atoms with Crippen molar-refractivity contribution in [1.29, 1.82) is 0 Å². The van der Waals surface area contributed by atoms with Gasteiger partial charge in [-0.3, -0.25) is 9.69 Å². The largest absolute Gasteiger partial charge is 0.353 e. The molecular weight excluding hydrogens is 429 g/mol. The van der Waals surface area contributed by atoms with Crippen LogP contribution in [0.4, 0.5) is 0 Å². The molecule has 2 aliphatic rings. The van der Waals surface area contributed by atoms with Crippen molar-refractivity contribution in [3.05, 3.63) is 0 Å². The third-order valence-corrected chi connectivity index (χ3v) is 4.85. The van der Waals surface area contributed by atoms with E-state index in [-0.39, 0.29) is 36.4 Å². The van der Waals surface area contributed by atoms with E-state index in [1.165, 1.54) is 25.7 Å². The predicted octanol–water partition coefficient (Wildman–Crippen LogP) is 1.85. The quantitative estimate of drug-likeness (QED) is 0.383. The first kappa shape index (κ1) is 22.5. The molecule has 0 unspecified atom stereocenters. The maximum absolute atomic E-state index is 11.9. The van der Waals surface area contributed by atoms with Crippen LogP contribution in [0.2, 0.25) is 0 Å². The first-order valence-electron chi connectivity index (χ1n) is 9.44. The molecule has 1 aliphatic carbocycles. The van der Waals surface area contributed by atoms with E-state index in [0.29, 0.717) is 12.0 Å². The molecule has 1 saturated heterocycles. The van der Waals surface area contributed by atoms with Gasteiger partial charge >= 0.3 is 0 Å². The molecule has 0 radical (unpaired) electrons. The first-order chi connectivity index (χ1) is 11.5. The summed E-state index contributed by atoms with van der Waals surface area (Å²) in [7, 11) is 3.57. The normalized spacial score (nSPS) is 19.9. The highest BCUT2D eigenvalue weighted by molar-refractivity contribution is 14.0. The van der Waals surface area contributed by atoms with E-state index in [1.807, 2.05) is 0 Å². The standard InChI is InChI=1S/C18H35N5O.HI/c1-15(2)14-22-9-11-23(12-10-22)18(19-13-17(24)21(3)4)20-16-7-5-6-8-16;/h15-16H,5-14H2,1-4H3,(H,19,20);1H. The molecule has 0 atom stereocenters. The van der Waals surface area contributed by atoms with Gasteiger partial charge in [-0.15, -0.1) is 24.0 Å². The molecule has 1 aliphatic heterocycles. The number of halogens is 1. The number of nitrogens with zero attached hydrogens (tertiary/aromatic N) is 4. The fourth-order valence-electron chi connectivity index (χ4n) is 3.43. The van der Waals surface area contributed by atoms with Gasteiger partial charge in [0.15, 0.2) is 5.96 Å². The Morgan fingerprint density at radius 3 is 2.28 bits per heavy atom. The second-order valence-electron chi connectivity index (χ2n) is 7.74. The summed E-state index contributed by atoms with van der Waals surface area (Å²) < 4.78 is 0. The van der Waals surface area contributed by atoms with E-state index in [2.05, 4.69) is 34.0 Å². The van der Waals surface area contributed by atoms with Crippen molar-refractivity contribution >= 4 is 35.8 Å². The fraction of sp³-hybridized carbons (Fsp3) is 0.889. The number of nitrogens with one attached hydrogen (secondary N) is 1. The van der Waals surface area contributed by atoms with Gasteiger partial charge in [-0.05, 0) is 18.8 Å².